The van der Waals surface area contributed by atoms with Gasteiger partial charge in [-0.15, -0.1) is 0 Å². The molecule has 0 atom stereocenters. The Morgan fingerprint density at radius 2 is 1.86 bits per heavy atom. The maximum Gasteiger partial charge on any atom is 0.244 e. The van der Waals surface area contributed by atoms with Gasteiger partial charge >= 0.3 is 0 Å². The molecule has 0 aromatic heterocycles. The fraction of sp³-hybridized carbons (Fsp3) is 0.143. The molecule has 112 valence electrons. The minimum atomic E-state index is -4.09. The molecule has 2 aromatic carbocycles. The summed E-state index contributed by atoms with van der Waals surface area (Å²) >= 11 is 2.88. The third-order valence-corrected chi connectivity index (χ3v) is 5.31. The van der Waals surface area contributed by atoms with Crippen LogP contribution in [0.3, 0.4) is 0 Å². The summed E-state index contributed by atoms with van der Waals surface area (Å²) in [6.45, 7) is 1.87. The van der Waals surface area contributed by atoms with Crippen LogP contribution in [0.5, 0.6) is 0 Å². The van der Waals surface area contributed by atoms with E-state index in [9.17, 15) is 17.2 Å². The summed E-state index contributed by atoms with van der Waals surface area (Å²) in [7, 11) is -4.09. The predicted molar refractivity (Wildman–Crippen MR) is 79.3 cm³/mol. The zero-order valence-electron chi connectivity index (χ0n) is 11.0. The third-order valence-electron chi connectivity index (χ3n) is 2.95. The molecule has 0 aliphatic heterocycles. The van der Waals surface area contributed by atoms with E-state index >= 15 is 0 Å². The van der Waals surface area contributed by atoms with Crippen molar-refractivity contribution in [3.8, 4) is 0 Å². The zero-order chi connectivity index (χ0) is 15.6. The van der Waals surface area contributed by atoms with Gasteiger partial charge in [-0.05, 0) is 40.0 Å². The van der Waals surface area contributed by atoms with Gasteiger partial charge in [0.1, 0.15) is 16.5 Å². The van der Waals surface area contributed by atoms with E-state index in [4.69, 9.17) is 0 Å². The lowest BCUT2D eigenvalue weighted by Gasteiger charge is -2.11. The molecule has 21 heavy (non-hydrogen) atoms. The van der Waals surface area contributed by atoms with Crippen LogP contribution in [0.4, 0.5) is 8.78 Å². The largest absolute Gasteiger partial charge is 0.244 e. The predicted octanol–water partition coefficient (Wildman–Crippen LogP) is 3.51. The van der Waals surface area contributed by atoms with E-state index in [-0.39, 0.29) is 11.0 Å². The molecule has 0 fully saturated rings. The Kier molecular flexibility index (Phi) is 4.75. The quantitative estimate of drug-likeness (QED) is 0.888. The Labute approximate surface area is 130 Å². The number of aryl methyl sites for hydroxylation is 1. The topological polar surface area (TPSA) is 46.2 Å². The van der Waals surface area contributed by atoms with Gasteiger partial charge < -0.3 is 0 Å². The summed E-state index contributed by atoms with van der Waals surface area (Å²) in [6.07, 6.45) is 0. The highest BCUT2D eigenvalue weighted by Crippen LogP contribution is 2.26. The van der Waals surface area contributed by atoms with Crippen molar-refractivity contribution in [1.82, 2.24) is 4.72 Å². The highest BCUT2D eigenvalue weighted by atomic mass is 79.9. The van der Waals surface area contributed by atoms with Crippen LogP contribution in [0, 0.1) is 18.6 Å². The number of halogens is 3. The van der Waals surface area contributed by atoms with Gasteiger partial charge in [-0.25, -0.2) is 21.9 Å². The van der Waals surface area contributed by atoms with E-state index in [0.717, 1.165) is 17.2 Å². The molecule has 0 aliphatic rings. The van der Waals surface area contributed by atoms with Crippen LogP contribution in [0.25, 0.3) is 0 Å². The molecule has 7 heteroatoms. The summed E-state index contributed by atoms with van der Waals surface area (Å²) in [5, 5.41) is 0. The molecule has 0 aliphatic carbocycles. The summed E-state index contributed by atoms with van der Waals surface area (Å²) in [4.78, 5) is -0.600. The fourth-order valence-corrected chi connectivity index (χ4v) is 4.01. The molecule has 0 saturated heterocycles. The average Bonchev–Trinajstić information content (AvgIpc) is 2.36. The van der Waals surface area contributed by atoms with Crippen LogP contribution in [0.1, 0.15) is 11.1 Å². The van der Waals surface area contributed by atoms with Crippen molar-refractivity contribution >= 4 is 26.0 Å². The summed E-state index contributed by atoms with van der Waals surface area (Å²) < 4.78 is 53.2. The monoisotopic (exact) mass is 375 g/mol. The highest BCUT2D eigenvalue weighted by molar-refractivity contribution is 9.10. The smallest absolute Gasteiger partial charge is 0.207 e. The van der Waals surface area contributed by atoms with E-state index in [1.54, 1.807) is 12.1 Å². The van der Waals surface area contributed by atoms with Gasteiger partial charge in [-0.3, -0.25) is 0 Å². The molecular weight excluding hydrogens is 364 g/mol. The Bertz CT molecular complexity index is 755. The molecule has 3 nitrogen and oxygen atoms in total. The number of benzene rings is 2. The first kappa shape index (κ1) is 16.1. The Morgan fingerprint density at radius 3 is 2.48 bits per heavy atom. The van der Waals surface area contributed by atoms with E-state index in [2.05, 4.69) is 20.7 Å². The van der Waals surface area contributed by atoms with Crippen LogP contribution in [0.15, 0.2) is 45.8 Å². The van der Waals surface area contributed by atoms with Gasteiger partial charge in [0.15, 0.2) is 0 Å². The molecule has 0 spiro atoms. The Morgan fingerprint density at radius 1 is 1.19 bits per heavy atom. The van der Waals surface area contributed by atoms with Crippen molar-refractivity contribution in [2.24, 2.45) is 0 Å². The zero-order valence-corrected chi connectivity index (χ0v) is 13.4. The lowest BCUT2D eigenvalue weighted by Crippen LogP contribution is -2.25. The molecule has 0 saturated carbocycles. The number of nitrogens with one attached hydrogen (secondary N) is 1. The molecule has 0 radical (unpaired) electrons. The maximum atomic E-state index is 13.7. The minimum Gasteiger partial charge on any atom is -0.207 e. The number of hydrogen-bond acceptors (Lipinski definition) is 2. The molecule has 2 aromatic rings. The maximum absolute atomic E-state index is 13.7. The van der Waals surface area contributed by atoms with Crippen LogP contribution < -0.4 is 4.72 Å². The summed E-state index contributed by atoms with van der Waals surface area (Å²) in [6, 6.07) is 8.68. The number of sulfonamides is 1. The number of hydrogen-bond donors (Lipinski definition) is 1. The van der Waals surface area contributed by atoms with E-state index in [0.29, 0.717) is 6.07 Å². The first-order valence-electron chi connectivity index (χ1n) is 6.00. The second-order valence-electron chi connectivity index (χ2n) is 4.45. The SMILES string of the molecule is Cc1ccccc1CNS(=O)(=O)c1c(F)cc(F)cc1Br. The summed E-state index contributed by atoms with van der Waals surface area (Å²) in [5.41, 5.74) is 1.69. The van der Waals surface area contributed by atoms with Gasteiger partial charge in [-0.2, -0.15) is 0 Å². The van der Waals surface area contributed by atoms with Gasteiger partial charge in [0.2, 0.25) is 10.0 Å². The third kappa shape index (κ3) is 3.66. The van der Waals surface area contributed by atoms with Crippen molar-refractivity contribution < 1.29 is 17.2 Å². The van der Waals surface area contributed by atoms with Crippen molar-refractivity contribution in [2.45, 2.75) is 18.4 Å². The summed E-state index contributed by atoms with van der Waals surface area (Å²) in [5.74, 6) is -1.99. The van der Waals surface area contributed by atoms with Crippen LogP contribution >= 0.6 is 15.9 Å². The van der Waals surface area contributed by atoms with Crippen LogP contribution in [-0.4, -0.2) is 8.42 Å². The molecule has 1 N–H and O–H groups in total. The van der Waals surface area contributed by atoms with E-state index < -0.39 is 26.6 Å². The lowest BCUT2D eigenvalue weighted by molar-refractivity contribution is 0.540. The molecule has 2 rings (SSSR count). The molecule has 0 bridgehead atoms. The van der Waals surface area contributed by atoms with Gasteiger partial charge in [0.05, 0.1) is 0 Å². The average molecular weight is 376 g/mol. The second-order valence-corrected chi connectivity index (χ2v) is 7.01. The van der Waals surface area contributed by atoms with Crippen LogP contribution in [0.2, 0.25) is 0 Å². The molecule has 0 unspecified atom stereocenters. The Hall–Kier alpha value is -1.31. The van der Waals surface area contributed by atoms with Gasteiger partial charge in [-0.1, -0.05) is 24.3 Å². The van der Waals surface area contributed by atoms with Gasteiger partial charge in [0, 0.05) is 17.1 Å². The lowest BCUT2D eigenvalue weighted by atomic mass is 10.1. The van der Waals surface area contributed by atoms with Gasteiger partial charge in [0.25, 0.3) is 0 Å². The van der Waals surface area contributed by atoms with E-state index in [1.165, 1.54) is 0 Å². The van der Waals surface area contributed by atoms with Crippen molar-refractivity contribution in [1.29, 1.82) is 0 Å². The van der Waals surface area contributed by atoms with E-state index in [1.807, 2.05) is 19.1 Å². The minimum absolute atomic E-state index is 0.0261. The van der Waals surface area contributed by atoms with Crippen LogP contribution in [-0.2, 0) is 16.6 Å². The molecular formula is C14H12BrF2NO2S. The fourth-order valence-electron chi connectivity index (χ4n) is 1.84. The second kappa shape index (κ2) is 6.21. The number of rotatable bonds is 4. The Balaban J connectivity index is 2.30. The molecule has 0 heterocycles. The normalized spacial score (nSPS) is 11.6. The van der Waals surface area contributed by atoms with Crippen molar-refractivity contribution in [2.75, 3.05) is 0 Å². The first-order chi connectivity index (χ1) is 9.81. The first-order valence-corrected chi connectivity index (χ1v) is 8.27. The van der Waals surface area contributed by atoms with Crippen molar-refractivity contribution in [3.63, 3.8) is 0 Å². The standard InChI is InChI=1S/C14H12BrF2NO2S/c1-9-4-2-3-5-10(9)8-18-21(19,20)14-12(15)6-11(16)7-13(14)17/h2-7,18H,8H2,1H3. The molecule has 0 amide bonds. The highest BCUT2D eigenvalue weighted by Gasteiger charge is 2.23. The van der Waals surface area contributed by atoms with Crippen molar-refractivity contribution in [3.05, 3.63) is 63.6 Å².